The fraction of sp³-hybridized carbons (Fsp3) is 0.333. The normalized spacial score (nSPS) is 22.1. The minimum absolute atomic E-state index is 0.0104. The fourth-order valence-electron chi connectivity index (χ4n) is 5.44. The van der Waals surface area contributed by atoms with Gasteiger partial charge in [0.05, 0.1) is 35.4 Å². The molecule has 4 N–H and O–H groups in total. The Labute approximate surface area is 209 Å². The summed E-state index contributed by atoms with van der Waals surface area (Å²) in [5.74, 6) is 0.619. The predicted molar refractivity (Wildman–Crippen MR) is 137 cm³/mol. The Morgan fingerprint density at radius 3 is 2.67 bits per heavy atom. The number of carbonyl (C=O) groups is 1. The number of pyridine rings is 1. The molecule has 0 spiro atoms. The summed E-state index contributed by atoms with van der Waals surface area (Å²) >= 11 is 0. The molecule has 7 rings (SSSR count). The van der Waals surface area contributed by atoms with Crippen LogP contribution in [0.5, 0.6) is 0 Å². The highest BCUT2D eigenvalue weighted by Crippen LogP contribution is 2.35. The van der Waals surface area contributed by atoms with Gasteiger partial charge in [-0.2, -0.15) is 0 Å². The van der Waals surface area contributed by atoms with Crippen LogP contribution in [0.4, 0.5) is 11.5 Å². The summed E-state index contributed by atoms with van der Waals surface area (Å²) in [6.45, 7) is 2.47. The van der Waals surface area contributed by atoms with Crippen LogP contribution in [0.15, 0.2) is 55.2 Å². The Bertz CT molecular complexity index is 1400. The van der Waals surface area contributed by atoms with Crippen LogP contribution in [0.1, 0.15) is 47.2 Å². The molecule has 0 radical (unpaired) electrons. The van der Waals surface area contributed by atoms with Gasteiger partial charge in [-0.15, -0.1) is 0 Å². The molecule has 9 heteroatoms. The van der Waals surface area contributed by atoms with Gasteiger partial charge in [0.1, 0.15) is 5.82 Å². The van der Waals surface area contributed by atoms with Gasteiger partial charge in [-0.3, -0.25) is 14.2 Å². The lowest BCUT2D eigenvalue weighted by atomic mass is 9.99. The summed E-state index contributed by atoms with van der Waals surface area (Å²) in [6, 6.07) is 9.09. The van der Waals surface area contributed by atoms with Crippen molar-refractivity contribution in [3.63, 3.8) is 0 Å². The maximum Gasteiger partial charge on any atom is 0.254 e. The van der Waals surface area contributed by atoms with Crippen molar-refractivity contribution in [2.24, 2.45) is 0 Å². The molecule has 184 valence electrons. The Hall–Kier alpha value is -3.82. The van der Waals surface area contributed by atoms with E-state index < -0.39 is 0 Å². The first kappa shape index (κ1) is 22.6. The van der Waals surface area contributed by atoms with Crippen LogP contribution >= 0.6 is 0 Å². The van der Waals surface area contributed by atoms with E-state index in [4.69, 9.17) is 0 Å². The molecule has 3 atom stereocenters. The Balaban J connectivity index is 0.000000223. The number of imidazole rings is 1. The van der Waals surface area contributed by atoms with Crippen molar-refractivity contribution in [2.75, 3.05) is 5.32 Å². The average Bonchev–Trinajstić information content (AvgIpc) is 3.58. The van der Waals surface area contributed by atoms with Crippen molar-refractivity contribution in [2.45, 2.75) is 57.3 Å². The highest BCUT2D eigenvalue weighted by atomic mass is 16.3. The average molecular weight is 484 g/mol. The second-order valence-electron chi connectivity index (χ2n) is 9.75. The molecule has 1 aromatic carbocycles. The van der Waals surface area contributed by atoms with E-state index in [0.29, 0.717) is 30.0 Å². The molecule has 3 aliphatic heterocycles. The van der Waals surface area contributed by atoms with Crippen LogP contribution in [-0.2, 0) is 6.54 Å². The van der Waals surface area contributed by atoms with E-state index in [1.54, 1.807) is 18.6 Å². The van der Waals surface area contributed by atoms with E-state index in [0.717, 1.165) is 46.6 Å². The van der Waals surface area contributed by atoms with Crippen molar-refractivity contribution in [1.82, 2.24) is 30.0 Å². The number of carbonyl (C=O) groups excluding carboxylic acids is 1. The molecule has 36 heavy (non-hydrogen) atoms. The minimum Gasteiger partial charge on any atom is -0.393 e. The first-order valence-electron chi connectivity index (χ1n) is 12.4. The van der Waals surface area contributed by atoms with Gasteiger partial charge in [-0.1, -0.05) is 12.1 Å². The smallest absolute Gasteiger partial charge is 0.254 e. The number of aliphatic hydroxyl groups excluding tert-OH is 1. The Morgan fingerprint density at radius 1 is 1.06 bits per heavy atom. The monoisotopic (exact) mass is 483 g/mol. The Morgan fingerprint density at radius 2 is 1.89 bits per heavy atom. The van der Waals surface area contributed by atoms with Crippen LogP contribution in [0.25, 0.3) is 16.9 Å². The number of amides is 1. The van der Waals surface area contributed by atoms with Gasteiger partial charge in [0.15, 0.2) is 5.65 Å². The Kier molecular flexibility index (Phi) is 5.86. The molecule has 6 heterocycles. The number of hydrogen-bond acceptors (Lipinski definition) is 7. The first-order chi connectivity index (χ1) is 17.5. The zero-order valence-corrected chi connectivity index (χ0v) is 20.1. The molecule has 2 fully saturated rings. The van der Waals surface area contributed by atoms with Crippen molar-refractivity contribution >= 4 is 23.1 Å². The summed E-state index contributed by atoms with van der Waals surface area (Å²) in [7, 11) is 0. The van der Waals surface area contributed by atoms with Crippen molar-refractivity contribution < 1.29 is 9.90 Å². The number of nitrogens with one attached hydrogen (secondary N) is 3. The number of aliphatic hydroxyl groups is 1. The maximum atomic E-state index is 12.5. The van der Waals surface area contributed by atoms with Crippen molar-refractivity contribution in [1.29, 1.82) is 0 Å². The zero-order valence-electron chi connectivity index (χ0n) is 20.1. The topological polar surface area (TPSA) is 116 Å². The van der Waals surface area contributed by atoms with E-state index in [9.17, 15) is 9.90 Å². The van der Waals surface area contributed by atoms with Gasteiger partial charge < -0.3 is 21.1 Å². The third kappa shape index (κ3) is 4.31. The highest BCUT2D eigenvalue weighted by Gasteiger charge is 2.32. The van der Waals surface area contributed by atoms with Gasteiger partial charge >= 0.3 is 0 Å². The number of fused-ring (bicyclic) bond motifs is 4. The fourth-order valence-corrected chi connectivity index (χ4v) is 5.44. The number of hydrogen-bond donors (Lipinski definition) is 4. The molecule has 0 saturated carbocycles. The molecular weight excluding hydrogens is 454 g/mol. The lowest BCUT2D eigenvalue weighted by Gasteiger charge is -2.24. The van der Waals surface area contributed by atoms with E-state index in [-0.39, 0.29) is 12.0 Å². The van der Waals surface area contributed by atoms with E-state index in [1.807, 2.05) is 48.0 Å². The van der Waals surface area contributed by atoms with Gasteiger partial charge in [-0.05, 0) is 55.9 Å². The van der Waals surface area contributed by atoms with E-state index >= 15 is 0 Å². The summed E-state index contributed by atoms with van der Waals surface area (Å²) in [5.41, 5.74) is 6.11. The molecule has 3 aliphatic rings. The number of anilines is 2. The van der Waals surface area contributed by atoms with Crippen LogP contribution in [-0.4, -0.2) is 48.6 Å². The first-order valence-corrected chi connectivity index (χ1v) is 12.4. The van der Waals surface area contributed by atoms with Gasteiger partial charge in [0.25, 0.3) is 5.91 Å². The van der Waals surface area contributed by atoms with Gasteiger partial charge in [0, 0.05) is 42.8 Å². The second kappa shape index (κ2) is 9.33. The molecule has 0 aliphatic carbocycles. The predicted octanol–water partition coefficient (Wildman–Crippen LogP) is 3.35. The van der Waals surface area contributed by atoms with Crippen LogP contribution < -0.4 is 16.0 Å². The molecule has 1 unspecified atom stereocenters. The lowest BCUT2D eigenvalue weighted by Crippen LogP contribution is -2.40. The van der Waals surface area contributed by atoms with Crippen LogP contribution in [0, 0.1) is 6.92 Å². The quantitative estimate of drug-likeness (QED) is 0.353. The largest absolute Gasteiger partial charge is 0.393 e. The number of piperidine rings is 1. The summed E-state index contributed by atoms with van der Waals surface area (Å²) < 4.78 is 1.97. The standard InChI is InChI=1S/C20H16N6O.C7H13NO/c1-12-2-5-17(22-8-12)25-15-4-3-13(14-9-24-20(27)19(14)15)16-10-23-18-11-21-6-7-26(16)18;9-7-3-5-1-2-6(4-7)8-5/h2-8,10-11H,9H2,1H3,(H,22,25)(H,24,27);5-9H,1-4H2/t;5-,6+,7?. The molecule has 1 amide bonds. The highest BCUT2D eigenvalue weighted by molar-refractivity contribution is 6.06. The third-order valence-electron chi connectivity index (χ3n) is 7.18. The number of aryl methyl sites for hydroxylation is 1. The molecule has 4 aromatic rings. The minimum atomic E-state index is -0.0862. The second-order valence-corrected chi connectivity index (χ2v) is 9.75. The summed E-state index contributed by atoms with van der Waals surface area (Å²) in [4.78, 5) is 25.4. The number of aromatic nitrogens is 4. The third-order valence-corrected chi connectivity index (χ3v) is 7.18. The van der Waals surface area contributed by atoms with Crippen molar-refractivity contribution in [3.05, 3.63) is 71.9 Å². The van der Waals surface area contributed by atoms with Crippen LogP contribution in [0.2, 0.25) is 0 Å². The van der Waals surface area contributed by atoms with Crippen LogP contribution in [0.3, 0.4) is 0 Å². The summed E-state index contributed by atoms with van der Waals surface area (Å²) in [5, 5.41) is 18.9. The molecule has 3 aromatic heterocycles. The molecule has 2 bridgehead atoms. The SMILES string of the molecule is Cc1ccc(Nc2ccc(-c3cnc4cnccn34)c3c2C(=O)NC3)nc1.OC1C[C@H]2CC[C@@H](C1)N2. The van der Waals surface area contributed by atoms with Gasteiger partial charge in [0.2, 0.25) is 0 Å². The van der Waals surface area contributed by atoms with E-state index in [1.165, 1.54) is 12.8 Å². The lowest BCUT2D eigenvalue weighted by molar-refractivity contribution is 0.0966. The van der Waals surface area contributed by atoms with Gasteiger partial charge in [-0.25, -0.2) is 9.97 Å². The van der Waals surface area contributed by atoms with E-state index in [2.05, 4.69) is 30.9 Å². The summed E-state index contributed by atoms with van der Waals surface area (Å²) in [6.07, 6.45) is 13.4. The molecule has 2 saturated heterocycles. The van der Waals surface area contributed by atoms with Crippen molar-refractivity contribution in [3.8, 4) is 11.3 Å². The number of rotatable bonds is 3. The maximum absolute atomic E-state index is 12.5. The number of benzene rings is 1. The molecular formula is C27H29N7O2. The number of nitrogens with zero attached hydrogens (tertiary/aromatic N) is 4. The molecule has 9 nitrogen and oxygen atoms in total. The zero-order chi connectivity index (χ0) is 24.6.